The molecule has 0 saturated carbocycles. The molecule has 2 aliphatic rings. The van der Waals surface area contributed by atoms with Crippen molar-refractivity contribution >= 4 is 16.9 Å². The van der Waals surface area contributed by atoms with Crippen LogP contribution in [-0.2, 0) is 11.2 Å². The maximum atomic E-state index is 14.9. The van der Waals surface area contributed by atoms with Gasteiger partial charge in [-0.1, -0.05) is 11.2 Å². The van der Waals surface area contributed by atoms with Crippen molar-refractivity contribution in [2.45, 2.75) is 38.2 Å². The lowest BCUT2D eigenvalue weighted by Gasteiger charge is -2.17. The van der Waals surface area contributed by atoms with Crippen molar-refractivity contribution in [3.63, 3.8) is 0 Å². The van der Waals surface area contributed by atoms with Crippen LogP contribution < -0.4 is 14.2 Å². The summed E-state index contributed by atoms with van der Waals surface area (Å²) >= 11 is 0. The van der Waals surface area contributed by atoms with Gasteiger partial charge in [-0.3, -0.25) is 4.79 Å². The number of aliphatic carboxylic acids is 1. The molecule has 35 heavy (non-hydrogen) atoms. The number of fused-ring (bicyclic) bond motifs is 3. The zero-order chi connectivity index (χ0) is 24.1. The highest BCUT2D eigenvalue weighted by atomic mass is 19.1. The largest absolute Gasteiger partial charge is 0.492 e. The molecule has 0 radical (unpaired) electrons. The first kappa shape index (κ1) is 21.5. The molecule has 0 fully saturated rings. The van der Waals surface area contributed by atoms with Gasteiger partial charge in [0.15, 0.2) is 5.58 Å². The van der Waals surface area contributed by atoms with Crippen LogP contribution in [0.25, 0.3) is 11.0 Å². The van der Waals surface area contributed by atoms with Gasteiger partial charge in [-0.05, 0) is 56.2 Å². The fourth-order valence-electron chi connectivity index (χ4n) is 4.96. The molecule has 178 valence electrons. The van der Waals surface area contributed by atoms with Crippen LogP contribution in [0, 0.1) is 12.7 Å². The van der Waals surface area contributed by atoms with Crippen LogP contribution in [0.3, 0.4) is 0 Å². The van der Waals surface area contributed by atoms with Gasteiger partial charge in [-0.2, -0.15) is 0 Å². The van der Waals surface area contributed by atoms with Gasteiger partial charge in [0.05, 0.1) is 18.7 Å². The standard InChI is InChI=1S/C27H22FNO6/c1-14-20-11-16(3-7-23(20)35-29-14)33-22-9-6-21(28)27-19(22)5-8-24(27)34-17-2-4-18-15(10-26(30)31)13-32-25(18)12-17/h2-4,6-7,9,11-12,15,24H,5,8,10,13H2,1H3,(H,30,31)/t15?,24-/m1/s1. The van der Waals surface area contributed by atoms with Crippen LogP contribution in [0.4, 0.5) is 4.39 Å². The molecule has 1 aliphatic heterocycles. The van der Waals surface area contributed by atoms with E-state index in [0.717, 1.165) is 22.2 Å². The van der Waals surface area contributed by atoms with Crippen molar-refractivity contribution in [3.8, 4) is 23.0 Å². The van der Waals surface area contributed by atoms with Gasteiger partial charge in [0, 0.05) is 34.1 Å². The molecule has 1 unspecified atom stereocenters. The quantitative estimate of drug-likeness (QED) is 0.361. The molecule has 1 aromatic heterocycles. The molecule has 2 atom stereocenters. The second kappa shape index (κ2) is 8.30. The minimum atomic E-state index is -0.862. The molecule has 0 spiro atoms. The van der Waals surface area contributed by atoms with E-state index in [9.17, 15) is 9.18 Å². The van der Waals surface area contributed by atoms with Gasteiger partial charge in [0.25, 0.3) is 0 Å². The third-order valence-corrected chi connectivity index (χ3v) is 6.65. The Hall–Kier alpha value is -4.07. The Kier molecular flexibility index (Phi) is 5.09. The summed E-state index contributed by atoms with van der Waals surface area (Å²) in [5, 5.41) is 13.9. The molecule has 8 heteroatoms. The predicted octanol–water partition coefficient (Wildman–Crippen LogP) is 6.08. The number of ether oxygens (including phenoxy) is 3. The highest BCUT2D eigenvalue weighted by Crippen LogP contribution is 2.44. The summed E-state index contributed by atoms with van der Waals surface area (Å²) in [5.41, 5.74) is 3.59. The molecule has 3 aromatic carbocycles. The SMILES string of the molecule is Cc1noc2ccc(Oc3ccc(F)c4c3CC[C@H]4Oc3ccc4c(c3)OCC4CC(=O)O)cc12. The Morgan fingerprint density at radius 1 is 1.17 bits per heavy atom. The molecule has 1 N–H and O–H groups in total. The third-order valence-electron chi connectivity index (χ3n) is 6.65. The summed E-state index contributed by atoms with van der Waals surface area (Å²) in [6, 6.07) is 13.9. The first-order chi connectivity index (χ1) is 17.0. The number of aromatic nitrogens is 1. The average molecular weight is 475 g/mol. The van der Waals surface area contributed by atoms with E-state index in [1.165, 1.54) is 6.07 Å². The van der Waals surface area contributed by atoms with E-state index >= 15 is 0 Å². The number of benzene rings is 3. The molecular formula is C27H22FNO6. The summed E-state index contributed by atoms with van der Waals surface area (Å²) in [6.45, 7) is 2.19. The van der Waals surface area contributed by atoms with E-state index in [2.05, 4.69) is 5.16 Å². The zero-order valence-electron chi connectivity index (χ0n) is 18.9. The van der Waals surface area contributed by atoms with Crippen LogP contribution in [0.2, 0.25) is 0 Å². The lowest BCUT2D eigenvalue weighted by molar-refractivity contribution is -0.137. The number of carboxylic acid groups (broad SMARTS) is 1. The number of carbonyl (C=O) groups is 1. The lowest BCUT2D eigenvalue weighted by Crippen LogP contribution is -2.07. The number of carboxylic acids is 1. The monoisotopic (exact) mass is 475 g/mol. The number of rotatable bonds is 6. The highest BCUT2D eigenvalue weighted by molar-refractivity contribution is 5.80. The van der Waals surface area contributed by atoms with Crippen molar-refractivity contribution in [2.75, 3.05) is 6.61 Å². The maximum Gasteiger partial charge on any atom is 0.304 e. The first-order valence-corrected chi connectivity index (χ1v) is 11.5. The Balaban J connectivity index is 1.25. The summed E-state index contributed by atoms with van der Waals surface area (Å²) in [6.07, 6.45) is 0.770. The van der Waals surface area contributed by atoms with E-state index in [4.69, 9.17) is 23.8 Å². The molecule has 0 saturated heterocycles. The smallest absolute Gasteiger partial charge is 0.304 e. The third kappa shape index (κ3) is 3.84. The zero-order valence-corrected chi connectivity index (χ0v) is 18.9. The second-order valence-corrected chi connectivity index (χ2v) is 8.92. The normalized spacial score (nSPS) is 18.2. The number of hydrogen-bond acceptors (Lipinski definition) is 6. The van der Waals surface area contributed by atoms with Gasteiger partial charge < -0.3 is 23.8 Å². The Morgan fingerprint density at radius 3 is 2.89 bits per heavy atom. The van der Waals surface area contributed by atoms with Crippen LogP contribution in [0.1, 0.15) is 47.2 Å². The number of aryl methyl sites for hydroxylation is 1. The Labute approximate surface area is 200 Å². The molecule has 2 heterocycles. The van der Waals surface area contributed by atoms with E-state index in [1.807, 2.05) is 19.1 Å². The molecule has 4 aromatic rings. The minimum absolute atomic E-state index is 0.0147. The summed E-state index contributed by atoms with van der Waals surface area (Å²) in [7, 11) is 0. The summed E-state index contributed by atoms with van der Waals surface area (Å²) < 4.78 is 38.2. The van der Waals surface area contributed by atoms with Crippen LogP contribution >= 0.6 is 0 Å². The average Bonchev–Trinajstić information content (AvgIpc) is 3.54. The van der Waals surface area contributed by atoms with Crippen LogP contribution in [-0.4, -0.2) is 22.8 Å². The summed E-state index contributed by atoms with van der Waals surface area (Å²) in [4.78, 5) is 11.1. The fraction of sp³-hybridized carbons (Fsp3) is 0.259. The van der Waals surface area contributed by atoms with Crippen molar-refractivity contribution in [2.24, 2.45) is 0 Å². The van der Waals surface area contributed by atoms with E-state index in [0.29, 0.717) is 53.6 Å². The number of nitrogens with zero attached hydrogens (tertiary/aromatic N) is 1. The second-order valence-electron chi connectivity index (χ2n) is 8.92. The Morgan fingerprint density at radius 2 is 2.03 bits per heavy atom. The fourth-order valence-corrected chi connectivity index (χ4v) is 4.96. The van der Waals surface area contributed by atoms with Crippen molar-refractivity contribution in [1.29, 1.82) is 0 Å². The van der Waals surface area contributed by atoms with Crippen LogP contribution in [0.15, 0.2) is 53.1 Å². The lowest BCUT2D eigenvalue weighted by atomic mass is 9.98. The van der Waals surface area contributed by atoms with Gasteiger partial charge >= 0.3 is 5.97 Å². The molecule has 6 rings (SSSR count). The van der Waals surface area contributed by atoms with Crippen molar-refractivity contribution in [1.82, 2.24) is 5.16 Å². The maximum absolute atomic E-state index is 14.9. The Bertz CT molecular complexity index is 1460. The van der Waals surface area contributed by atoms with Crippen molar-refractivity contribution in [3.05, 3.63) is 76.7 Å². The predicted molar refractivity (Wildman–Crippen MR) is 124 cm³/mol. The minimum Gasteiger partial charge on any atom is -0.492 e. The molecule has 0 amide bonds. The topological polar surface area (TPSA) is 91.0 Å². The molecule has 0 bridgehead atoms. The molecule has 7 nitrogen and oxygen atoms in total. The van der Waals surface area contributed by atoms with Gasteiger partial charge in [0.1, 0.15) is 34.9 Å². The van der Waals surface area contributed by atoms with E-state index < -0.39 is 12.1 Å². The van der Waals surface area contributed by atoms with E-state index in [1.54, 1.807) is 30.3 Å². The first-order valence-electron chi connectivity index (χ1n) is 11.5. The number of hydrogen-bond donors (Lipinski definition) is 1. The molecule has 1 aliphatic carbocycles. The highest BCUT2D eigenvalue weighted by Gasteiger charge is 2.32. The van der Waals surface area contributed by atoms with Crippen LogP contribution in [0.5, 0.6) is 23.0 Å². The number of halogens is 1. The van der Waals surface area contributed by atoms with Gasteiger partial charge in [-0.15, -0.1) is 0 Å². The summed E-state index contributed by atoms with van der Waals surface area (Å²) in [5.74, 6) is 1.00. The van der Waals surface area contributed by atoms with Gasteiger partial charge in [0.2, 0.25) is 0 Å². The van der Waals surface area contributed by atoms with Crippen molar-refractivity contribution < 1.29 is 33.0 Å². The van der Waals surface area contributed by atoms with E-state index in [-0.39, 0.29) is 18.2 Å². The molecular weight excluding hydrogens is 453 g/mol. The van der Waals surface area contributed by atoms with Gasteiger partial charge in [-0.25, -0.2) is 4.39 Å².